The number of methoxy groups -OCH3 is 1. The summed E-state index contributed by atoms with van der Waals surface area (Å²) in [7, 11) is 1.70. The fourth-order valence-electron chi connectivity index (χ4n) is 2.75. The number of rotatable bonds is 2. The number of benzene rings is 1. The number of hydrogen-bond donors (Lipinski definition) is 1. The lowest BCUT2D eigenvalue weighted by molar-refractivity contribution is 0.410. The van der Waals surface area contributed by atoms with E-state index in [-0.39, 0.29) is 6.04 Å². The third kappa shape index (κ3) is 2.12. The van der Waals surface area contributed by atoms with E-state index >= 15 is 0 Å². The fraction of sp³-hybridized carbons (Fsp3) is 0.357. The molecule has 19 heavy (non-hydrogen) atoms. The van der Waals surface area contributed by atoms with Crippen molar-refractivity contribution < 1.29 is 4.74 Å². The summed E-state index contributed by atoms with van der Waals surface area (Å²) in [5, 5.41) is 4.39. The van der Waals surface area contributed by atoms with Crippen molar-refractivity contribution in [3.63, 3.8) is 0 Å². The molecular weight excluding hydrogens is 306 g/mol. The van der Waals surface area contributed by atoms with Crippen LogP contribution >= 0.6 is 15.9 Å². The molecule has 1 aliphatic rings. The Labute approximate surface area is 120 Å². The van der Waals surface area contributed by atoms with Gasteiger partial charge in [0, 0.05) is 0 Å². The van der Waals surface area contributed by atoms with E-state index in [4.69, 9.17) is 10.5 Å². The Hall–Kier alpha value is -1.49. The van der Waals surface area contributed by atoms with Gasteiger partial charge in [-0.3, -0.25) is 0 Å². The first kappa shape index (κ1) is 12.5. The molecule has 0 aliphatic heterocycles. The number of ether oxygens (including phenoxy) is 1. The molecule has 0 saturated heterocycles. The molecule has 0 spiro atoms. The molecule has 0 bridgehead atoms. The Morgan fingerprint density at radius 3 is 3.00 bits per heavy atom. The number of anilines is 1. The largest absolute Gasteiger partial charge is 0.497 e. The molecule has 1 heterocycles. The average molecular weight is 322 g/mol. The molecule has 2 aromatic rings. The first-order chi connectivity index (χ1) is 9.20. The van der Waals surface area contributed by atoms with Gasteiger partial charge in [0.2, 0.25) is 0 Å². The monoisotopic (exact) mass is 321 g/mol. The first-order valence-electron chi connectivity index (χ1n) is 6.36. The minimum absolute atomic E-state index is 0.223. The van der Waals surface area contributed by atoms with E-state index in [9.17, 15) is 0 Å². The SMILES string of the molecule is COc1ccc2c(c1)CCCC2n1ncc(Br)c1N. The van der Waals surface area contributed by atoms with Crippen molar-refractivity contribution in [3.8, 4) is 5.75 Å². The maximum absolute atomic E-state index is 6.08. The van der Waals surface area contributed by atoms with Gasteiger partial charge < -0.3 is 10.5 Å². The summed E-state index contributed by atoms with van der Waals surface area (Å²) < 4.78 is 8.06. The van der Waals surface area contributed by atoms with Crippen molar-refractivity contribution in [2.75, 3.05) is 12.8 Å². The Morgan fingerprint density at radius 1 is 1.47 bits per heavy atom. The highest BCUT2D eigenvalue weighted by molar-refractivity contribution is 9.10. The summed E-state index contributed by atoms with van der Waals surface area (Å²) >= 11 is 3.42. The van der Waals surface area contributed by atoms with Crippen molar-refractivity contribution in [3.05, 3.63) is 40.0 Å². The molecule has 4 nitrogen and oxygen atoms in total. The van der Waals surface area contributed by atoms with Crippen LogP contribution in [0, 0.1) is 0 Å². The summed E-state index contributed by atoms with van der Waals surface area (Å²) in [6, 6.07) is 6.48. The Balaban J connectivity index is 2.05. The predicted molar refractivity (Wildman–Crippen MR) is 78.4 cm³/mol. The highest BCUT2D eigenvalue weighted by atomic mass is 79.9. The Morgan fingerprint density at radius 2 is 2.32 bits per heavy atom. The van der Waals surface area contributed by atoms with E-state index in [1.165, 1.54) is 11.1 Å². The van der Waals surface area contributed by atoms with Crippen LogP contribution in [0.4, 0.5) is 5.82 Å². The van der Waals surface area contributed by atoms with Crippen LogP contribution in [0.25, 0.3) is 0 Å². The second-order valence-corrected chi connectivity index (χ2v) is 5.65. The van der Waals surface area contributed by atoms with E-state index in [2.05, 4.69) is 33.2 Å². The van der Waals surface area contributed by atoms with Gasteiger partial charge in [-0.2, -0.15) is 5.10 Å². The summed E-state index contributed by atoms with van der Waals surface area (Å²) in [5.74, 6) is 1.60. The van der Waals surface area contributed by atoms with Gasteiger partial charge in [0.1, 0.15) is 11.6 Å². The normalized spacial score (nSPS) is 18.1. The standard InChI is InChI=1S/C14H16BrN3O/c1-19-10-5-6-11-9(7-10)3-2-4-13(11)18-14(16)12(15)8-17-18/h5-8,13H,2-4,16H2,1H3. The Kier molecular flexibility index (Phi) is 3.22. The molecule has 3 rings (SSSR count). The second-order valence-electron chi connectivity index (χ2n) is 4.80. The molecule has 0 amide bonds. The van der Waals surface area contributed by atoms with Crippen LogP contribution in [0.1, 0.15) is 30.0 Å². The molecule has 100 valence electrons. The number of fused-ring (bicyclic) bond motifs is 1. The summed E-state index contributed by atoms with van der Waals surface area (Å²) in [4.78, 5) is 0. The van der Waals surface area contributed by atoms with Crippen molar-refractivity contribution >= 4 is 21.7 Å². The highest BCUT2D eigenvalue weighted by Gasteiger charge is 2.24. The van der Waals surface area contributed by atoms with Crippen LogP contribution in [0.5, 0.6) is 5.75 Å². The zero-order chi connectivity index (χ0) is 13.4. The molecule has 2 N–H and O–H groups in total. The van der Waals surface area contributed by atoms with Crippen LogP contribution in [-0.2, 0) is 6.42 Å². The molecular formula is C14H16BrN3O. The van der Waals surface area contributed by atoms with Crippen molar-refractivity contribution in [2.45, 2.75) is 25.3 Å². The van der Waals surface area contributed by atoms with Crippen LogP contribution in [0.15, 0.2) is 28.9 Å². The summed E-state index contributed by atoms with van der Waals surface area (Å²) in [6.07, 6.45) is 5.05. The van der Waals surface area contributed by atoms with E-state index in [0.717, 1.165) is 29.5 Å². The predicted octanol–water partition coefficient (Wildman–Crippen LogP) is 3.16. The van der Waals surface area contributed by atoms with Gasteiger partial charge in [0.25, 0.3) is 0 Å². The average Bonchev–Trinajstić information content (AvgIpc) is 2.77. The lowest BCUT2D eigenvalue weighted by Gasteiger charge is -2.27. The number of aromatic nitrogens is 2. The third-order valence-corrected chi connectivity index (χ3v) is 4.33. The first-order valence-corrected chi connectivity index (χ1v) is 7.15. The van der Waals surface area contributed by atoms with Crippen molar-refractivity contribution in [1.82, 2.24) is 9.78 Å². The van der Waals surface area contributed by atoms with E-state index in [0.29, 0.717) is 5.82 Å². The highest BCUT2D eigenvalue weighted by Crippen LogP contribution is 2.36. The topological polar surface area (TPSA) is 53.1 Å². The van der Waals surface area contributed by atoms with Crippen LogP contribution in [0.2, 0.25) is 0 Å². The molecule has 0 saturated carbocycles. The molecule has 1 aromatic heterocycles. The summed E-state index contributed by atoms with van der Waals surface area (Å²) in [5.41, 5.74) is 8.71. The number of hydrogen-bond acceptors (Lipinski definition) is 3. The number of halogens is 1. The molecule has 0 radical (unpaired) electrons. The van der Waals surface area contributed by atoms with Crippen LogP contribution < -0.4 is 10.5 Å². The smallest absolute Gasteiger partial charge is 0.136 e. The lowest BCUT2D eigenvalue weighted by atomic mass is 9.87. The van der Waals surface area contributed by atoms with Gasteiger partial charge in [-0.05, 0) is 58.5 Å². The second kappa shape index (κ2) is 4.89. The van der Waals surface area contributed by atoms with E-state index < -0.39 is 0 Å². The number of nitrogens with two attached hydrogens (primary N) is 1. The molecule has 0 fully saturated rings. The van der Waals surface area contributed by atoms with Crippen LogP contribution in [-0.4, -0.2) is 16.9 Å². The molecule has 1 aromatic carbocycles. The molecule has 1 aliphatic carbocycles. The zero-order valence-electron chi connectivity index (χ0n) is 10.8. The van der Waals surface area contributed by atoms with Gasteiger partial charge in [-0.15, -0.1) is 0 Å². The summed E-state index contributed by atoms with van der Waals surface area (Å²) in [6.45, 7) is 0. The van der Waals surface area contributed by atoms with Gasteiger partial charge in [0.05, 0.1) is 23.8 Å². The number of aryl methyl sites for hydroxylation is 1. The van der Waals surface area contributed by atoms with Gasteiger partial charge in [-0.25, -0.2) is 4.68 Å². The minimum atomic E-state index is 0.223. The van der Waals surface area contributed by atoms with Crippen LogP contribution in [0.3, 0.4) is 0 Å². The quantitative estimate of drug-likeness (QED) is 0.924. The van der Waals surface area contributed by atoms with Gasteiger partial charge >= 0.3 is 0 Å². The number of nitrogen functional groups attached to an aromatic ring is 1. The third-order valence-electron chi connectivity index (χ3n) is 3.72. The molecule has 1 atom stereocenters. The van der Waals surface area contributed by atoms with Gasteiger partial charge in [0.15, 0.2) is 0 Å². The zero-order valence-corrected chi connectivity index (χ0v) is 12.4. The Bertz CT molecular complexity index is 609. The van der Waals surface area contributed by atoms with Crippen molar-refractivity contribution in [2.24, 2.45) is 0 Å². The molecule has 5 heteroatoms. The maximum atomic E-state index is 6.08. The van der Waals surface area contributed by atoms with E-state index in [1.54, 1.807) is 13.3 Å². The van der Waals surface area contributed by atoms with Crippen molar-refractivity contribution in [1.29, 1.82) is 0 Å². The molecule has 1 unspecified atom stereocenters. The van der Waals surface area contributed by atoms with Gasteiger partial charge in [-0.1, -0.05) is 6.07 Å². The van der Waals surface area contributed by atoms with E-state index in [1.807, 2.05) is 10.7 Å². The number of nitrogens with zero attached hydrogens (tertiary/aromatic N) is 2. The fourth-order valence-corrected chi connectivity index (χ4v) is 3.02. The minimum Gasteiger partial charge on any atom is -0.497 e. The maximum Gasteiger partial charge on any atom is 0.136 e. The lowest BCUT2D eigenvalue weighted by Crippen LogP contribution is -2.19.